The van der Waals surface area contributed by atoms with Crippen molar-refractivity contribution in [2.24, 2.45) is 0 Å². The molecule has 67 heavy (non-hydrogen) atoms. The average Bonchev–Trinajstić information content (AvgIpc) is 4.15. The molecule has 15 rings (SSSR count). The van der Waals surface area contributed by atoms with Crippen molar-refractivity contribution in [3.05, 3.63) is 246 Å². The van der Waals surface area contributed by atoms with E-state index in [1.165, 1.54) is 66.8 Å². The smallest absolute Gasteiger partial charge is 0.143 e. The third-order valence-electron chi connectivity index (χ3n) is 15.5. The fourth-order valence-electron chi connectivity index (χ4n) is 12.6. The predicted molar refractivity (Wildman–Crippen MR) is 275 cm³/mol. The van der Waals surface area contributed by atoms with Gasteiger partial charge >= 0.3 is 0 Å². The Labute approximate surface area is 387 Å². The summed E-state index contributed by atoms with van der Waals surface area (Å²) < 4.78 is 13.4. The lowest BCUT2D eigenvalue weighted by Crippen LogP contribution is -2.25. The van der Waals surface area contributed by atoms with Crippen LogP contribution in [0.25, 0.3) is 88.4 Å². The highest BCUT2D eigenvalue weighted by Gasteiger charge is 2.52. The Balaban J connectivity index is 0.950. The molecule has 12 aromatic rings. The van der Waals surface area contributed by atoms with Crippen LogP contribution in [0, 0.1) is 0 Å². The molecule has 0 radical (unpaired) electrons. The highest BCUT2D eigenvalue weighted by Crippen LogP contribution is 2.64. The topological polar surface area (TPSA) is 29.5 Å². The van der Waals surface area contributed by atoms with Gasteiger partial charge < -0.3 is 13.7 Å². The molecular formula is C64H41NO2. The number of furan rings is 2. The minimum Gasteiger partial charge on any atom is -0.456 e. The van der Waals surface area contributed by atoms with Crippen LogP contribution in [0.2, 0.25) is 0 Å². The van der Waals surface area contributed by atoms with Crippen molar-refractivity contribution in [3.8, 4) is 44.5 Å². The largest absolute Gasteiger partial charge is 0.456 e. The van der Waals surface area contributed by atoms with Crippen molar-refractivity contribution < 1.29 is 8.83 Å². The van der Waals surface area contributed by atoms with Crippen molar-refractivity contribution >= 4 is 60.9 Å². The zero-order chi connectivity index (χ0) is 44.2. The normalized spacial score (nSPS) is 14.4. The van der Waals surface area contributed by atoms with E-state index in [2.05, 4.69) is 219 Å². The first-order valence-corrected chi connectivity index (χ1v) is 23.3. The molecule has 3 heteroatoms. The summed E-state index contributed by atoms with van der Waals surface area (Å²) in [5.74, 6) is 0. The number of hydrogen-bond acceptors (Lipinski definition) is 3. The van der Waals surface area contributed by atoms with E-state index >= 15 is 0 Å². The lowest BCUT2D eigenvalue weighted by Gasteiger charge is -2.30. The molecule has 314 valence electrons. The van der Waals surface area contributed by atoms with Crippen LogP contribution in [0.1, 0.15) is 47.2 Å². The lowest BCUT2D eigenvalue weighted by molar-refractivity contribution is 0.660. The SMILES string of the molecule is CC1(C)c2ccccc2-c2ccc(N(c3ccc(-c4cccc5c4oc4ccccc45)cc3)c3ccc4oc5ccc6c(c5c4c3)-c3ccccc3C63c4ccccc4-c4ccccc43)cc21. The molecule has 0 N–H and O–H groups in total. The van der Waals surface area contributed by atoms with E-state index in [1.807, 2.05) is 12.1 Å². The predicted octanol–water partition coefficient (Wildman–Crippen LogP) is 17.3. The summed E-state index contributed by atoms with van der Waals surface area (Å²) in [4.78, 5) is 2.42. The van der Waals surface area contributed by atoms with Gasteiger partial charge in [0.25, 0.3) is 0 Å². The third kappa shape index (κ3) is 4.75. The summed E-state index contributed by atoms with van der Waals surface area (Å²) in [5.41, 5.74) is 24.1. The monoisotopic (exact) mass is 855 g/mol. The first-order valence-electron chi connectivity index (χ1n) is 23.3. The van der Waals surface area contributed by atoms with Gasteiger partial charge in [-0.1, -0.05) is 172 Å². The van der Waals surface area contributed by atoms with E-state index in [0.29, 0.717) is 0 Å². The number of hydrogen-bond donors (Lipinski definition) is 0. The van der Waals surface area contributed by atoms with Gasteiger partial charge in [-0.25, -0.2) is 0 Å². The Morgan fingerprint density at radius 3 is 1.64 bits per heavy atom. The molecule has 0 saturated heterocycles. The standard InChI is InChI=1S/C64H41NO2/c1-63(2)51-21-8-3-14-43(51)46-32-30-41(37-56(46)63)65(39-28-26-38(27-29-39)42-19-13-20-48-47-17-7-12-25-57(47)67-62(42)48)40-31-34-58-50(36-40)61-59(66-58)35-33-55-60(61)49-18-6-11-24-54(49)64(55)52-22-9-4-15-44(52)45-16-5-10-23-53(45)64/h3-37H,1-2H3. The minimum absolute atomic E-state index is 0.158. The van der Waals surface area contributed by atoms with Crippen LogP contribution in [-0.4, -0.2) is 0 Å². The van der Waals surface area contributed by atoms with E-state index in [1.54, 1.807) is 0 Å². The van der Waals surface area contributed by atoms with Gasteiger partial charge in [0.2, 0.25) is 0 Å². The van der Waals surface area contributed by atoms with Crippen LogP contribution in [0.3, 0.4) is 0 Å². The lowest BCUT2D eigenvalue weighted by atomic mass is 9.70. The fourth-order valence-corrected chi connectivity index (χ4v) is 12.6. The third-order valence-corrected chi connectivity index (χ3v) is 15.5. The maximum absolute atomic E-state index is 6.85. The summed E-state index contributed by atoms with van der Waals surface area (Å²) >= 11 is 0. The van der Waals surface area contributed by atoms with Crippen molar-refractivity contribution in [3.63, 3.8) is 0 Å². The van der Waals surface area contributed by atoms with Gasteiger partial charge in [0.1, 0.15) is 22.3 Å². The van der Waals surface area contributed by atoms with Gasteiger partial charge in [0.05, 0.1) is 5.41 Å². The molecule has 0 saturated carbocycles. The maximum Gasteiger partial charge on any atom is 0.143 e. The molecule has 2 aromatic heterocycles. The van der Waals surface area contributed by atoms with E-state index < -0.39 is 5.41 Å². The summed E-state index contributed by atoms with van der Waals surface area (Å²) in [5, 5.41) is 4.51. The number of anilines is 3. The summed E-state index contributed by atoms with van der Waals surface area (Å²) in [7, 11) is 0. The van der Waals surface area contributed by atoms with Gasteiger partial charge in [0, 0.05) is 49.6 Å². The van der Waals surface area contributed by atoms with Gasteiger partial charge in [-0.3, -0.25) is 0 Å². The highest BCUT2D eigenvalue weighted by molar-refractivity contribution is 6.17. The van der Waals surface area contributed by atoms with Crippen LogP contribution in [0.4, 0.5) is 17.1 Å². The van der Waals surface area contributed by atoms with Crippen molar-refractivity contribution in [1.29, 1.82) is 0 Å². The number of benzene rings is 10. The minimum atomic E-state index is -0.441. The second kappa shape index (κ2) is 13.1. The molecule has 3 aliphatic carbocycles. The van der Waals surface area contributed by atoms with Crippen LogP contribution in [-0.2, 0) is 10.8 Å². The Kier molecular flexibility index (Phi) is 7.22. The summed E-state index contributed by atoms with van der Waals surface area (Å²) in [6.45, 7) is 4.71. The summed E-state index contributed by atoms with van der Waals surface area (Å²) in [6.07, 6.45) is 0. The number of nitrogens with zero attached hydrogens (tertiary/aromatic N) is 1. The van der Waals surface area contributed by atoms with Crippen molar-refractivity contribution in [1.82, 2.24) is 0 Å². The Morgan fingerprint density at radius 2 is 0.881 bits per heavy atom. The van der Waals surface area contributed by atoms with Crippen molar-refractivity contribution in [2.45, 2.75) is 24.7 Å². The Hall–Kier alpha value is -8.40. The highest BCUT2D eigenvalue weighted by atomic mass is 16.3. The second-order valence-electron chi connectivity index (χ2n) is 19.1. The molecule has 2 heterocycles. The molecular weight excluding hydrogens is 815 g/mol. The number of rotatable bonds is 4. The Morgan fingerprint density at radius 1 is 0.343 bits per heavy atom. The van der Waals surface area contributed by atoms with Crippen LogP contribution in [0.5, 0.6) is 0 Å². The second-order valence-corrected chi connectivity index (χ2v) is 19.1. The maximum atomic E-state index is 6.85. The Bertz CT molecular complexity index is 4040. The van der Waals surface area contributed by atoms with Gasteiger partial charge in [-0.15, -0.1) is 0 Å². The van der Waals surface area contributed by atoms with E-state index in [9.17, 15) is 0 Å². The molecule has 3 nitrogen and oxygen atoms in total. The fraction of sp³-hybridized carbons (Fsp3) is 0.0625. The van der Waals surface area contributed by atoms with Crippen LogP contribution < -0.4 is 4.90 Å². The van der Waals surface area contributed by atoms with E-state index in [-0.39, 0.29) is 5.41 Å². The molecule has 10 aromatic carbocycles. The zero-order valence-corrected chi connectivity index (χ0v) is 37.0. The molecule has 0 fully saturated rings. The first kappa shape index (κ1) is 36.9. The van der Waals surface area contributed by atoms with Crippen LogP contribution in [0.15, 0.2) is 221 Å². The molecule has 0 atom stereocenters. The average molecular weight is 856 g/mol. The molecule has 0 amide bonds. The van der Waals surface area contributed by atoms with Crippen LogP contribution >= 0.6 is 0 Å². The number of fused-ring (bicyclic) bond motifs is 20. The molecule has 0 aliphatic heterocycles. The van der Waals surface area contributed by atoms with Gasteiger partial charge in [-0.2, -0.15) is 0 Å². The molecule has 1 spiro atoms. The molecule has 0 bridgehead atoms. The van der Waals surface area contributed by atoms with Gasteiger partial charge in [-0.05, 0) is 127 Å². The summed E-state index contributed by atoms with van der Waals surface area (Å²) in [6, 6.07) is 78.0. The molecule has 3 aliphatic rings. The van der Waals surface area contributed by atoms with Gasteiger partial charge in [0.15, 0.2) is 0 Å². The first-order chi connectivity index (χ1) is 33.0. The van der Waals surface area contributed by atoms with E-state index in [4.69, 9.17) is 8.83 Å². The zero-order valence-electron chi connectivity index (χ0n) is 37.0. The molecule has 0 unspecified atom stereocenters. The van der Waals surface area contributed by atoms with Crippen molar-refractivity contribution in [2.75, 3.05) is 4.90 Å². The number of para-hydroxylation sites is 2. The van der Waals surface area contributed by atoms with E-state index in [0.717, 1.165) is 72.1 Å². The quantitative estimate of drug-likeness (QED) is 0.177.